The van der Waals surface area contributed by atoms with Gasteiger partial charge < -0.3 is 0 Å². The summed E-state index contributed by atoms with van der Waals surface area (Å²) in [6, 6.07) is 36.3. The van der Waals surface area contributed by atoms with Crippen molar-refractivity contribution in [1.82, 2.24) is 0 Å². The summed E-state index contributed by atoms with van der Waals surface area (Å²) in [5.74, 6) is 0.519. The van der Waals surface area contributed by atoms with Gasteiger partial charge in [-0.3, -0.25) is 0 Å². The molecule has 0 unspecified atom stereocenters. The van der Waals surface area contributed by atoms with E-state index in [1.54, 1.807) is 0 Å². The van der Waals surface area contributed by atoms with Crippen molar-refractivity contribution in [2.75, 3.05) is 0 Å². The van der Waals surface area contributed by atoms with Crippen molar-refractivity contribution in [3.63, 3.8) is 0 Å². The molecule has 0 nitrogen and oxygen atoms in total. The molecule has 0 atom stereocenters. The molecule has 5 aromatic rings. The number of hydrogen-bond acceptors (Lipinski definition) is 0. The molecule has 0 amide bonds. The molecule has 0 spiro atoms. The molecule has 39 heavy (non-hydrogen) atoms. The Hall–Kier alpha value is -1.83. The van der Waals surface area contributed by atoms with Crippen LogP contribution >= 0.6 is 17.0 Å². The SMILES string of the molecule is Cc1cc2c(-c3ccccc3C(C)C)c(C(C)(C)C)ccc2[cH-]1.[Cl][Zr+2][Cl].[c-]1cccc2c1[Si]c1ccccc1-2. The van der Waals surface area contributed by atoms with E-state index in [2.05, 4.69) is 133 Å². The molecule has 0 N–H and O–H groups in total. The molecule has 2 radical (unpaired) electrons. The van der Waals surface area contributed by atoms with Crippen molar-refractivity contribution in [2.24, 2.45) is 0 Å². The zero-order valence-corrected chi connectivity index (χ0v) is 28.5. The van der Waals surface area contributed by atoms with Gasteiger partial charge in [0, 0.05) is 0 Å². The summed E-state index contributed by atoms with van der Waals surface area (Å²) in [5, 5.41) is 5.57. The number of benzene rings is 4. The van der Waals surface area contributed by atoms with Crippen LogP contribution in [-0.2, 0) is 26.3 Å². The normalized spacial score (nSPS) is 11.6. The van der Waals surface area contributed by atoms with Crippen LogP contribution in [0.2, 0.25) is 0 Å². The first kappa shape index (κ1) is 30.1. The van der Waals surface area contributed by atoms with E-state index in [0.29, 0.717) is 5.92 Å². The summed E-state index contributed by atoms with van der Waals surface area (Å²) in [7, 11) is 10.7. The van der Waals surface area contributed by atoms with Crippen LogP contribution in [0.15, 0.2) is 91.0 Å². The van der Waals surface area contributed by atoms with E-state index < -0.39 is 20.8 Å². The molecule has 1 heterocycles. The van der Waals surface area contributed by atoms with Gasteiger partial charge in [-0.05, 0) is 22.5 Å². The molecule has 6 rings (SSSR count). The summed E-state index contributed by atoms with van der Waals surface area (Å²) in [6.07, 6.45) is 0. The van der Waals surface area contributed by atoms with Crippen LogP contribution in [-0.4, -0.2) is 9.52 Å². The molecule has 1 aliphatic rings. The van der Waals surface area contributed by atoms with Gasteiger partial charge in [0.05, 0.1) is 9.52 Å². The van der Waals surface area contributed by atoms with Crippen molar-refractivity contribution >= 4 is 47.7 Å². The maximum atomic E-state index is 4.93. The minimum atomic E-state index is -0.826. The van der Waals surface area contributed by atoms with Crippen molar-refractivity contribution in [3.05, 3.63) is 114 Å². The molecule has 0 saturated heterocycles. The van der Waals surface area contributed by atoms with Gasteiger partial charge in [0.25, 0.3) is 0 Å². The van der Waals surface area contributed by atoms with Gasteiger partial charge in [0.2, 0.25) is 0 Å². The second-order valence-electron chi connectivity index (χ2n) is 11.2. The van der Waals surface area contributed by atoms with Crippen LogP contribution in [0.5, 0.6) is 0 Å². The number of aryl methyl sites for hydroxylation is 1. The zero-order chi connectivity index (χ0) is 28.2. The standard InChI is InChI=1S/C23H27.C12H7Si.2ClH.Zr/c1-15(2)18-9-7-8-10-19(18)22-20-14-16(3)13-17(20)11-12-21(22)23(4,5)6;1-3-7-11-9(5-1)10-6-2-4-8-12(10)13-11;;;/h7-15H,1-6H3;1-7H;2*1H;/q2*-1;;;+4/p-2. The second-order valence-corrected chi connectivity index (χ2v) is 16.2. The molecule has 4 heteroatoms. The topological polar surface area (TPSA) is 0 Å². The first-order chi connectivity index (χ1) is 18.7. The fraction of sp³-hybridized carbons (Fsp3) is 0.229. The fourth-order valence-corrected chi connectivity index (χ4v) is 6.61. The van der Waals surface area contributed by atoms with E-state index in [-0.39, 0.29) is 5.41 Å². The minimum Gasteiger partial charge on any atom is -0.184 e. The van der Waals surface area contributed by atoms with Crippen LogP contribution in [0.3, 0.4) is 0 Å². The summed E-state index contributed by atoms with van der Waals surface area (Å²) < 4.78 is 0. The van der Waals surface area contributed by atoms with E-state index in [1.165, 1.54) is 60.1 Å². The summed E-state index contributed by atoms with van der Waals surface area (Å²) >= 11 is -0.826. The van der Waals surface area contributed by atoms with Gasteiger partial charge in [-0.25, -0.2) is 0 Å². The quantitative estimate of drug-likeness (QED) is 0.130. The smallest absolute Gasteiger partial charge is 0.0920 e. The fourth-order valence-electron chi connectivity index (χ4n) is 5.30. The number of fused-ring (bicyclic) bond motifs is 4. The molecule has 0 aromatic heterocycles. The molecule has 5 aromatic carbocycles. The maximum absolute atomic E-state index is 4.93. The monoisotopic (exact) mass is 642 g/mol. The van der Waals surface area contributed by atoms with Gasteiger partial charge in [0.1, 0.15) is 0 Å². The van der Waals surface area contributed by atoms with E-state index in [1.807, 2.05) is 6.07 Å². The Morgan fingerprint density at radius 2 is 1.49 bits per heavy atom. The Morgan fingerprint density at radius 3 is 2.18 bits per heavy atom. The van der Waals surface area contributed by atoms with Crippen LogP contribution < -0.4 is 10.4 Å². The van der Waals surface area contributed by atoms with Crippen molar-refractivity contribution in [2.45, 2.75) is 52.9 Å². The minimum absolute atomic E-state index is 0.124. The summed E-state index contributed by atoms with van der Waals surface area (Å²) in [6.45, 7) is 13.7. The van der Waals surface area contributed by atoms with Crippen LogP contribution in [0, 0.1) is 13.0 Å². The van der Waals surface area contributed by atoms with Crippen LogP contribution in [0.25, 0.3) is 33.0 Å². The molecular formula is C35H34Cl2SiZr. The third-order valence-corrected chi connectivity index (χ3v) is 8.40. The molecule has 0 aliphatic carbocycles. The molecule has 196 valence electrons. The molecule has 0 fully saturated rings. The molecular weight excluding hydrogens is 611 g/mol. The Labute approximate surface area is 255 Å². The van der Waals surface area contributed by atoms with Gasteiger partial charge in [-0.1, -0.05) is 112 Å². The van der Waals surface area contributed by atoms with Gasteiger partial charge in [-0.2, -0.15) is 35.5 Å². The van der Waals surface area contributed by atoms with Crippen LogP contribution in [0.4, 0.5) is 0 Å². The average Bonchev–Trinajstić information content (AvgIpc) is 3.48. The third-order valence-electron chi connectivity index (χ3n) is 7.03. The molecule has 0 bridgehead atoms. The van der Waals surface area contributed by atoms with E-state index in [0.717, 1.165) is 9.52 Å². The Morgan fingerprint density at radius 1 is 0.846 bits per heavy atom. The van der Waals surface area contributed by atoms with Crippen LogP contribution in [0.1, 0.15) is 57.2 Å². The van der Waals surface area contributed by atoms with Gasteiger partial charge in [0.15, 0.2) is 0 Å². The average molecular weight is 645 g/mol. The molecule has 0 saturated carbocycles. The summed E-state index contributed by atoms with van der Waals surface area (Å²) in [4.78, 5) is 0. The zero-order valence-electron chi connectivity index (χ0n) is 23.5. The largest absolute Gasteiger partial charge is 0.184 e. The number of hydrogen-bond donors (Lipinski definition) is 0. The maximum Gasteiger partial charge on any atom is 0.0920 e. The number of halogens is 2. The van der Waals surface area contributed by atoms with E-state index in [9.17, 15) is 0 Å². The summed E-state index contributed by atoms with van der Waals surface area (Å²) in [5.41, 5.74) is 9.92. The first-order valence-corrected chi connectivity index (χ1v) is 20.6. The molecule has 1 aliphatic heterocycles. The predicted molar refractivity (Wildman–Crippen MR) is 170 cm³/mol. The Balaban J connectivity index is 0.000000184. The second kappa shape index (κ2) is 13.2. The van der Waals surface area contributed by atoms with Crippen molar-refractivity contribution in [1.29, 1.82) is 0 Å². The third kappa shape index (κ3) is 6.91. The number of rotatable bonds is 2. The Bertz CT molecular complexity index is 1520. The van der Waals surface area contributed by atoms with Gasteiger partial charge in [-0.15, -0.1) is 40.1 Å². The predicted octanol–water partition coefficient (Wildman–Crippen LogP) is 9.45. The van der Waals surface area contributed by atoms with E-state index in [4.69, 9.17) is 17.0 Å². The van der Waals surface area contributed by atoms with E-state index >= 15 is 0 Å². The van der Waals surface area contributed by atoms with Gasteiger partial charge >= 0.3 is 37.9 Å². The Kier molecular flexibility index (Phi) is 10.2. The van der Waals surface area contributed by atoms with Crippen molar-refractivity contribution < 1.29 is 20.8 Å². The van der Waals surface area contributed by atoms with Crippen molar-refractivity contribution in [3.8, 4) is 22.3 Å². The first-order valence-electron chi connectivity index (χ1n) is 13.3.